The summed E-state index contributed by atoms with van der Waals surface area (Å²) in [6.07, 6.45) is 3.84. The molecule has 2 aliphatic heterocycles. The lowest BCUT2D eigenvalue weighted by Gasteiger charge is -2.21. The number of carbonyl (C=O) groups excluding carboxylic acids is 1. The summed E-state index contributed by atoms with van der Waals surface area (Å²) in [6.45, 7) is 4.16. The number of hydrogen-bond acceptors (Lipinski definition) is 6. The van der Waals surface area contributed by atoms with Gasteiger partial charge in [-0.25, -0.2) is 13.1 Å². The van der Waals surface area contributed by atoms with Gasteiger partial charge in [0, 0.05) is 24.0 Å². The number of hydrogen-bond donors (Lipinski definition) is 1. The van der Waals surface area contributed by atoms with Crippen LogP contribution in [0.25, 0.3) is 0 Å². The van der Waals surface area contributed by atoms with Crippen LogP contribution in [0.2, 0.25) is 0 Å². The van der Waals surface area contributed by atoms with Gasteiger partial charge in [0.25, 0.3) is 5.91 Å². The molecule has 0 spiro atoms. The molecule has 2 aliphatic rings. The third-order valence-electron chi connectivity index (χ3n) is 5.50. The molecule has 2 heterocycles. The topological polar surface area (TPSA) is 84.9 Å². The summed E-state index contributed by atoms with van der Waals surface area (Å²) in [5.41, 5.74) is 1.20. The zero-order chi connectivity index (χ0) is 22.0. The second kappa shape index (κ2) is 9.10. The number of thioether (sulfide) groups is 1. The average molecular weight is 463 g/mol. The van der Waals surface area contributed by atoms with E-state index >= 15 is 0 Å². The summed E-state index contributed by atoms with van der Waals surface area (Å²) in [5.74, 6) is 1.15. The first-order valence-electron chi connectivity index (χ1n) is 10.3. The zero-order valence-electron chi connectivity index (χ0n) is 17.6. The Balaban J connectivity index is 1.58. The van der Waals surface area contributed by atoms with E-state index in [1.165, 1.54) is 17.8 Å². The number of ether oxygens (including phenoxy) is 2. The van der Waals surface area contributed by atoms with Crippen molar-refractivity contribution in [3.05, 3.63) is 47.5 Å². The highest BCUT2D eigenvalue weighted by Crippen LogP contribution is 2.33. The van der Waals surface area contributed by atoms with Crippen molar-refractivity contribution in [2.45, 2.75) is 35.6 Å². The van der Waals surface area contributed by atoms with Gasteiger partial charge in [-0.1, -0.05) is 6.07 Å². The highest BCUT2D eigenvalue weighted by atomic mass is 32.2. The van der Waals surface area contributed by atoms with Gasteiger partial charge >= 0.3 is 0 Å². The Bertz CT molecular complexity index is 1080. The van der Waals surface area contributed by atoms with Gasteiger partial charge in [-0.2, -0.15) is 0 Å². The van der Waals surface area contributed by atoms with Crippen LogP contribution >= 0.6 is 11.8 Å². The van der Waals surface area contributed by atoms with Crippen molar-refractivity contribution in [3.63, 3.8) is 0 Å². The fraction of sp³-hybridized carbons (Fsp3) is 0.409. The smallest absolute Gasteiger partial charge is 0.255 e. The molecule has 7 nitrogen and oxygen atoms in total. The predicted octanol–water partition coefficient (Wildman–Crippen LogP) is 3.46. The maximum Gasteiger partial charge on any atom is 0.255 e. The second-order valence-electron chi connectivity index (χ2n) is 7.61. The van der Waals surface area contributed by atoms with E-state index in [1.807, 2.05) is 12.3 Å². The van der Waals surface area contributed by atoms with Crippen molar-refractivity contribution >= 4 is 27.7 Å². The molecular formula is C22H26N2O5S2. The van der Waals surface area contributed by atoms with Crippen LogP contribution in [0.15, 0.2) is 46.2 Å². The van der Waals surface area contributed by atoms with Gasteiger partial charge in [-0.15, -0.1) is 11.8 Å². The van der Waals surface area contributed by atoms with Gasteiger partial charge in [-0.3, -0.25) is 4.79 Å². The van der Waals surface area contributed by atoms with E-state index in [-0.39, 0.29) is 10.8 Å². The molecule has 1 unspecified atom stereocenters. The van der Waals surface area contributed by atoms with E-state index in [2.05, 4.69) is 4.72 Å². The van der Waals surface area contributed by atoms with Crippen LogP contribution < -0.4 is 14.2 Å². The Morgan fingerprint density at radius 2 is 1.77 bits per heavy atom. The Labute approximate surface area is 187 Å². The molecule has 2 aromatic carbocycles. The molecule has 0 aromatic heterocycles. The molecule has 1 saturated heterocycles. The molecule has 4 rings (SSSR count). The number of likely N-dealkylation sites (tertiary alicyclic amines) is 1. The van der Waals surface area contributed by atoms with E-state index in [9.17, 15) is 13.2 Å². The molecular weight excluding hydrogens is 436 g/mol. The first-order valence-corrected chi connectivity index (χ1v) is 13.0. The van der Waals surface area contributed by atoms with Gasteiger partial charge in [-0.05, 0) is 61.9 Å². The minimum Gasteiger partial charge on any atom is -0.486 e. The number of nitrogens with one attached hydrogen (secondary N) is 1. The number of fused-ring (bicyclic) bond motifs is 1. The number of carbonyl (C=O) groups is 1. The molecule has 1 atom stereocenters. The first-order chi connectivity index (χ1) is 14.9. The fourth-order valence-electron chi connectivity index (χ4n) is 3.81. The van der Waals surface area contributed by atoms with E-state index in [0.29, 0.717) is 43.4 Å². The minimum absolute atomic E-state index is 0.0808. The third kappa shape index (κ3) is 4.68. The van der Waals surface area contributed by atoms with Crippen molar-refractivity contribution in [1.82, 2.24) is 9.62 Å². The van der Waals surface area contributed by atoms with Gasteiger partial charge in [0.1, 0.15) is 13.2 Å². The molecule has 31 heavy (non-hydrogen) atoms. The van der Waals surface area contributed by atoms with Crippen molar-refractivity contribution in [1.29, 1.82) is 0 Å². The third-order valence-corrected chi connectivity index (χ3v) is 7.84. The number of amides is 1. The number of benzene rings is 2. The van der Waals surface area contributed by atoms with E-state index in [0.717, 1.165) is 23.3 Å². The van der Waals surface area contributed by atoms with Crippen LogP contribution in [0.3, 0.4) is 0 Å². The van der Waals surface area contributed by atoms with Crippen LogP contribution in [-0.4, -0.2) is 51.8 Å². The molecule has 9 heteroatoms. The summed E-state index contributed by atoms with van der Waals surface area (Å²) in [4.78, 5) is 15.6. The lowest BCUT2D eigenvalue weighted by molar-refractivity contribution is 0.0789. The summed E-state index contributed by atoms with van der Waals surface area (Å²) in [5, 5.41) is 0. The highest BCUT2D eigenvalue weighted by molar-refractivity contribution is 7.98. The lowest BCUT2D eigenvalue weighted by atomic mass is 10.1. The molecule has 0 radical (unpaired) electrons. The largest absolute Gasteiger partial charge is 0.486 e. The quantitative estimate of drug-likeness (QED) is 0.662. The van der Waals surface area contributed by atoms with Crippen LogP contribution in [-0.2, 0) is 10.0 Å². The number of sulfonamides is 1. The first kappa shape index (κ1) is 22.0. The fourth-order valence-corrected chi connectivity index (χ4v) is 5.64. The predicted molar refractivity (Wildman–Crippen MR) is 120 cm³/mol. The maximum absolute atomic E-state index is 13.1. The minimum atomic E-state index is -3.84. The molecule has 1 fully saturated rings. The zero-order valence-corrected chi connectivity index (χ0v) is 19.2. The summed E-state index contributed by atoms with van der Waals surface area (Å²) in [7, 11) is -3.84. The standard InChI is InChI=1S/C22H26N2O5S2/c1-15(16-5-7-19-20(13-16)29-12-11-28-19)23-31(26,27)17-6-8-21(30-2)18(14-17)22(25)24-9-3-4-10-24/h5-8,13-15,23H,3-4,9-12H2,1-2H3. The van der Waals surface area contributed by atoms with Crippen molar-refractivity contribution in [2.24, 2.45) is 0 Å². The van der Waals surface area contributed by atoms with Crippen molar-refractivity contribution < 1.29 is 22.7 Å². The normalized spacial score (nSPS) is 16.9. The molecule has 2 aromatic rings. The Kier molecular flexibility index (Phi) is 6.45. The van der Waals surface area contributed by atoms with Gasteiger partial charge < -0.3 is 14.4 Å². The molecule has 166 valence electrons. The maximum atomic E-state index is 13.1. The average Bonchev–Trinajstić information content (AvgIpc) is 3.32. The lowest BCUT2D eigenvalue weighted by Crippen LogP contribution is -2.29. The molecule has 1 amide bonds. The molecule has 0 aliphatic carbocycles. The number of rotatable bonds is 6. The van der Waals surface area contributed by atoms with Crippen LogP contribution in [0.4, 0.5) is 0 Å². The Morgan fingerprint density at radius 3 is 2.48 bits per heavy atom. The SMILES string of the molecule is CSc1ccc(S(=O)(=O)NC(C)c2ccc3c(c2)OCCO3)cc1C(=O)N1CCCC1. The summed E-state index contributed by atoms with van der Waals surface area (Å²) >= 11 is 1.44. The summed E-state index contributed by atoms with van der Waals surface area (Å²) in [6, 6.07) is 9.66. The Hall–Kier alpha value is -2.23. The van der Waals surface area contributed by atoms with Crippen molar-refractivity contribution in [2.75, 3.05) is 32.6 Å². The Morgan fingerprint density at radius 1 is 1.06 bits per heavy atom. The van der Waals surface area contributed by atoms with Crippen LogP contribution in [0.5, 0.6) is 11.5 Å². The van der Waals surface area contributed by atoms with E-state index < -0.39 is 16.1 Å². The van der Waals surface area contributed by atoms with Gasteiger partial charge in [0.2, 0.25) is 10.0 Å². The van der Waals surface area contributed by atoms with E-state index in [1.54, 1.807) is 36.1 Å². The van der Waals surface area contributed by atoms with Gasteiger partial charge in [0.05, 0.1) is 10.5 Å². The summed E-state index contributed by atoms with van der Waals surface area (Å²) < 4.78 is 40.0. The molecule has 1 N–H and O–H groups in total. The monoisotopic (exact) mass is 462 g/mol. The highest BCUT2D eigenvalue weighted by Gasteiger charge is 2.26. The number of nitrogens with zero attached hydrogens (tertiary/aromatic N) is 1. The van der Waals surface area contributed by atoms with Crippen LogP contribution in [0.1, 0.15) is 41.7 Å². The molecule has 0 saturated carbocycles. The van der Waals surface area contributed by atoms with Gasteiger partial charge in [0.15, 0.2) is 11.5 Å². The molecule has 0 bridgehead atoms. The van der Waals surface area contributed by atoms with Crippen molar-refractivity contribution in [3.8, 4) is 11.5 Å². The van der Waals surface area contributed by atoms with E-state index in [4.69, 9.17) is 9.47 Å². The second-order valence-corrected chi connectivity index (χ2v) is 10.2. The van der Waals surface area contributed by atoms with Crippen LogP contribution in [0, 0.1) is 0 Å².